The molecular weight excluding hydrogens is 685 g/mol. The molecule has 0 saturated carbocycles. The summed E-state index contributed by atoms with van der Waals surface area (Å²) < 4.78 is 1.97. The zero-order valence-electron chi connectivity index (χ0n) is 36.8. The molecule has 0 fully saturated rings. The number of imidazole rings is 1. The van der Waals surface area contributed by atoms with E-state index in [1.807, 2.05) is 108 Å². The van der Waals surface area contributed by atoms with Gasteiger partial charge in [0.1, 0.15) is 12.0 Å². The second-order valence-electron chi connectivity index (χ2n) is 16.6. The summed E-state index contributed by atoms with van der Waals surface area (Å²) in [7, 11) is 0. The molecule has 1 aliphatic rings. The van der Waals surface area contributed by atoms with Gasteiger partial charge < -0.3 is 4.40 Å². The van der Waals surface area contributed by atoms with E-state index in [-0.39, 0.29) is 5.41 Å². The molecule has 6 nitrogen and oxygen atoms in total. The van der Waals surface area contributed by atoms with Crippen LogP contribution >= 0.6 is 0 Å². The smallest absolute Gasteiger partial charge is 0.136 e. The number of nitrogens with zero attached hydrogens (tertiary/aromatic N) is 6. The first kappa shape index (κ1) is 48.8. The van der Waals surface area contributed by atoms with Gasteiger partial charge in [-0.15, -0.1) is 0 Å². The van der Waals surface area contributed by atoms with Crippen molar-refractivity contribution in [2.75, 3.05) is 0 Å². The molecule has 3 aromatic carbocycles. The number of fused-ring (bicyclic) bond motifs is 4. The summed E-state index contributed by atoms with van der Waals surface area (Å²) in [5.41, 5.74) is 5.65. The van der Waals surface area contributed by atoms with Crippen LogP contribution in [0, 0.1) is 23.7 Å². The molecule has 6 heteroatoms. The van der Waals surface area contributed by atoms with E-state index in [0.717, 1.165) is 51.4 Å². The summed E-state index contributed by atoms with van der Waals surface area (Å²) in [6, 6.07) is 34.2. The monoisotopic (exact) mass is 755 g/mol. The van der Waals surface area contributed by atoms with Gasteiger partial charge in [-0.25, -0.2) is 15.0 Å². The molecule has 0 N–H and O–H groups in total. The Bertz CT molecular complexity index is 1790. The van der Waals surface area contributed by atoms with Gasteiger partial charge in [-0.3, -0.25) is 9.98 Å². The van der Waals surface area contributed by atoms with Crippen LogP contribution in [0.5, 0.6) is 0 Å². The Hall–Kier alpha value is -5.23. The molecule has 0 bridgehead atoms. The van der Waals surface area contributed by atoms with Crippen LogP contribution in [0.1, 0.15) is 102 Å². The minimum Gasteiger partial charge on any atom is -0.307 e. The number of benzene rings is 3. The molecule has 7 aromatic rings. The minimum absolute atomic E-state index is 0.136. The Morgan fingerprint density at radius 3 is 1.54 bits per heavy atom. The van der Waals surface area contributed by atoms with Crippen molar-refractivity contribution in [3.8, 4) is 0 Å². The first-order chi connectivity index (χ1) is 26.5. The second kappa shape index (κ2) is 27.4. The molecule has 4 aromatic heterocycles. The van der Waals surface area contributed by atoms with Crippen LogP contribution in [0.4, 0.5) is 5.69 Å². The van der Waals surface area contributed by atoms with Crippen molar-refractivity contribution in [3.63, 3.8) is 0 Å². The lowest BCUT2D eigenvalue weighted by molar-refractivity contribution is 0.736. The number of aliphatic imine (C=N–C) groups is 1. The van der Waals surface area contributed by atoms with Crippen molar-refractivity contribution in [2.45, 2.75) is 102 Å². The van der Waals surface area contributed by atoms with Gasteiger partial charge >= 0.3 is 0 Å². The number of hydrogen-bond donors (Lipinski definition) is 0. The molecule has 5 heterocycles. The highest BCUT2D eigenvalue weighted by Gasteiger charge is 2.25. The first-order valence-electron chi connectivity index (χ1n) is 20.0. The SMILES string of the molecule is CC(C)C.CC(C)C.CC(C)C.CC(C)C.CC1(C)C=Nc2ccccc21.c1ccc2ncccc2c1.c1ccc2ncncc2c1.c1ccn2ccnc2c1. The summed E-state index contributed by atoms with van der Waals surface area (Å²) in [6.07, 6.45) is 12.9. The molecule has 56 heavy (non-hydrogen) atoms. The lowest BCUT2D eigenvalue weighted by Crippen LogP contribution is -2.14. The van der Waals surface area contributed by atoms with Crippen molar-refractivity contribution >= 4 is 39.4 Å². The van der Waals surface area contributed by atoms with Crippen molar-refractivity contribution in [1.29, 1.82) is 0 Å². The van der Waals surface area contributed by atoms with Crippen LogP contribution in [-0.2, 0) is 5.41 Å². The maximum absolute atomic E-state index is 4.33. The van der Waals surface area contributed by atoms with Gasteiger partial charge in [0.2, 0.25) is 0 Å². The van der Waals surface area contributed by atoms with Crippen molar-refractivity contribution in [2.24, 2.45) is 28.7 Å². The van der Waals surface area contributed by atoms with Gasteiger partial charge in [-0.05, 0) is 65.6 Å². The van der Waals surface area contributed by atoms with E-state index in [0.29, 0.717) is 0 Å². The predicted octanol–water partition coefficient (Wildman–Crippen LogP) is 14.5. The molecule has 8 rings (SSSR count). The van der Waals surface area contributed by atoms with Crippen molar-refractivity contribution in [3.05, 3.63) is 146 Å². The maximum atomic E-state index is 4.33. The highest BCUT2D eigenvalue weighted by atomic mass is 15.0. The molecule has 0 amide bonds. The Balaban J connectivity index is 0.000000333. The van der Waals surface area contributed by atoms with E-state index in [1.165, 1.54) is 10.9 Å². The fraction of sp³-hybridized carbons (Fsp3) is 0.380. The number of aromatic nitrogens is 5. The Morgan fingerprint density at radius 2 is 0.982 bits per heavy atom. The topological polar surface area (TPSA) is 68.3 Å². The fourth-order valence-electron chi connectivity index (χ4n) is 4.23. The molecule has 0 aliphatic carbocycles. The Labute approximate surface area is 339 Å². The number of rotatable bonds is 0. The highest BCUT2D eigenvalue weighted by molar-refractivity contribution is 5.84. The van der Waals surface area contributed by atoms with Gasteiger partial charge in [0.05, 0.1) is 16.7 Å². The van der Waals surface area contributed by atoms with Crippen molar-refractivity contribution < 1.29 is 0 Å². The number of para-hydroxylation sites is 3. The van der Waals surface area contributed by atoms with Crippen LogP contribution in [0.25, 0.3) is 27.5 Å². The standard InChI is InChI=1S/C10H11N.C9H7N.C8H6N2.C7H6N2.4C4H10/c1-10(2)7-11-9-6-4-3-5-8(9)10;1-2-6-9-8(4-1)5-3-7-10-9;1-2-4-8-7(3-1)5-9-6-10-8;1-2-5-9-6-4-8-7(9)3-1;4*1-4(2)3/h3-7H,1-2H3;1-7H;1-6H;1-6H;4*4H,1-3H3. The lowest BCUT2D eigenvalue weighted by Gasteiger charge is -2.14. The van der Waals surface area contributed by atoms with E-state index in [1.54, 1.807) is 12.5 Å². The molecule has 0 radical (unpaired) electrons. The van der Waals surface area contributed by atoms with Crippen LogP contribution in [0.15, 0.2) is 145 Å². The largest absolute Gasteiger partial charge is 0.307 e. The molecule has 300 valence electrons. The fourth-order valence-corrected chi connectivity index (χ4v) is 4.23. The molecule has 0 unspecified atom stereocenters. The quantitative estimate of drug-likeness (QED) is 0.155. The van der Waals surface area contributed by atoms with Crippen LogP contribution < -0.4 is 0 Å². The summed E-state index contributed by atoms with van der Waals surface area (Å²) in [5, 5.41) is 2.29. The molecule has 0 atom stereocenters. The average Bonchev–Trinajstić information content (AvgIpc) is 3.76. The number of hydrogen-bond acceptors (Lipinski definition) is 5. The van der Waals surface area contributed by atoms with Crippen molar-refractivity contribution in [1.82, 2.24) is 24.3 Å². The van der Waals surface area contributed by atoms with E-state index >= 15 is 0 Å². The van der Waals surface area contributed by atoms with Gasteiger partial charge in [0.25, 0.3) is 0 Å². The maximum Gasteiger partial charge on any atom is 0.136 e. The highest BCUT2D eigenvalue weighted by Crippen LogP contribution is 2.35. The molecular formula is C50H70N6. The normalized spacial score (nSPS) is 11.4. The van der Waals surface area contributed by atoms with Gasteiger partial charge in [-0.2, -0.15) is 0 Å². The second-order valence-corrected chi connectivity index (χ2v) is 16.6. The summed E-state index contributed by atoms with van der Waals surface area (Å²) in [5.74, 6) is 3.33. The Morgan fingerprint density at radius 1 is 0.482 bits per heavy atom. The minimum atomic E-state index is 0.136. The van der Waals surface area contributed by atoms with Gasteiger partial charge in [-0.1, -0.05) is 164 Å². The van der Waals surface area contributed by atoms with Crippen LogP contribution in [0.2, 0.25) is 0 Å². The molecule has 0 saturated heterocycles. The zero-order chi connectivity index (χ0) is 41.9. The third-order valence-corrected chi connectivity index (χ3v) is 6.35. The van der Waals surface area contributed by atoms with E-state index in [9.17, 15) is 0 Å². The third kappa shape index (κ3) is 22.2. The Kier molecular flexibility index (Phi) is 23.8. The van der Waals surface area contributed by atoms with E-state index < -0.39 is 0 Å². The summed E-state index contributed by atoms with van der Waals surface area (Å²) >= 11 is 0. The average molecular weight is 755 g/mol. The first-order valence-corrected chi connectivity index (χ1v) is 20.0. The lowest BCUT2D eigenvalue weighted by atomic mass is 9.87. The summed E-state index contributed by atoms with van der Waals surface area (Å²) in [4.78, 5) is 20.6. The van der Waals surface area contributed by atoms with Gasteiger partial charge in [0.15, 0.2) is 0 Å². The van der Waals surface area contributed by atoms with Crippen LogP contribution in [-0.4, -0.2) is 30.6 Å². The zero-order valence-corrected chi connectivity index (χ0v) is 36.8. The third-order valence-electron chi connectivity index (χ3n) is 6.35. The van der Waals surface area contributed by atoms with E-state index in [2.05, 4.69) is 152 Å². The molecule has 0 spiro atoms. The number of pyridine rings is 2. The van der Waals surface area contributed by atoms with E-state index in [4.69, 9.17) is 0 Å². The van der Waals surface area contributed by atoms with Crippen LogP contribution in [0.3, 0.4) is 0 Å². The van der Waals surface area contributed by atoms with Gasteiger partial charge in [0, 0.05) is 53.4 Å². The predicted molar refractivity (Wildman–Crippen MR) is 246 cm³/mol. The molecule has 1 aliphatic heterocycles. The summed E-state index contributed by atoms with van der Waals surface area (Å²) in [6.45, 7) is 30.4.